The van der Waals surface area contributed by atoms with Crippen LogP contribution < -0.4 is 3.78 Å². The summed E-state index contributed by atoms with van der Waals surface area (Å²) in [5, 5.41) is 9.25. The van der Waals surface area contributed by atoms with Gasteiger partial charge in [-0.25, -0.2) is 0 Å². The quantitative estimate of drug-likeness (QED) is 0.484. The Morgan fingerprint density at radius 3 is 2.00 bits per heavy atom. The first-order chi connectivity index (χ1) is 10.2. The molecule has 0 saturated heterocycles. The van der Waals surface area contributed by atoms with Gasteiger partial charge in [0, 0.05) is 0 Å². The standard InChI is InChI=1S/C13H27.C5H2NO.Sn/c1-4-7-10-13(11-8-5-2)12-9-6-3;6-3-5-1-2-7-4-5;/h4-12H2,1-3H3;1-2H;. The second-order valence-electron chi connectivity index (χ2n) is 5.99. The van der Waals surface area contributed by atoms with Crippen LogP contribution in [-0.4, -0.2) is 21.1 Å². The Morgan fingerprint density at radius 2 is 1.57 bits per heavy atom. The molecule has 0 fully saturated rings. The van der Waals surface area contributed by atoms with Crippen molar-refractivity contribution in [3.8, 4) is 6.07 Å². The Kier molecular flexibility index (Phi) is 9.15. The Balaban J connectivity index is 2.92. The van der Waals surface area contributed by atoms with Crippen LogP contribution in [0, 0.1) is 11.3 Å². The Labute approximate surface area is 140 Å². The van der Waals surface area contributed by atoms with Crippen LogP contribution in [0.1, 0.15) is 84.1 Å². The molecule has 116 valence electrons. The van der Waals surface area contributed by atoms with Crippen molar-refractivity contribution in [2.75, 3.05) is 0 Å². The van der Waals surface area contributed by atoms with Gasteiger partial charge in [-0.05, 0) is 0 Å². The molecule has 2 radical (unpaired) electrons. The summed E-state index contributed by atoms with van der Waals surface area (Å²) in [6, 6.07) is 4.16. The van der Waals surface area contributed by atoms with Crippen LogP contribution >= 0.6 is 0 Å². The summed E-state index contributed by atoms with van der Waals surface area (Å²) in [5.41, 5.74) is 0.801. The van der Waals surface area contributed by atoms with Crippen molar-refractivity contribution in [2.45, 2.75) is 82.0 Å². The van der Waals surface area contributed by atoms with Gasteiger partial charge in [0.1, 0.15) is 0 Å². The third-order valence-electron chi connectivity index (χ3n) is 4.19. The van der Waals surface area contributed by atoms with Crippen molar-refractivity contribution in [3.63, 3.8) is 0 Å². The summed E-state index contributed by atoms with van der Waals surface area (Å²) < 4.78 is 7.27. The van der Waals surface area contributed by atoms with E-state index in [1.54, 1.807) is 6.26 Å². The molecule has 1 rings (SSSR count). The number of furan rings is 1. The second kappa shape index (κ2) is 10.3. The molecule has 0 spiro atoms. The number of nitrogens with zero attached hydrogens (tertiary/aromatic N) is 1. The normalized spacial score (nSPS) is 11.5. The molecule has 0 atom stereocenters. The topological polar surface area (TPSA) is 36.9 Å². The first kappa shape index (κ1) is 18.6. The van der Waals surface area contributed by atoms with Gasteiger partial charge in [-0.2, -0.15) is 0 Å². The van der Waals surface area contributed by atoms with Crippen LogP contribution in [0.2, 0.25) is 3.43 Å². The molecule has 3 heteroatoms. The monoisotopic (exact) mass is 395 g/mol. The third-order valence-corrected chi connectivity index (χ3v) is 9.60. The van der Waals surface area contributed by atoms with Gasteiger partial charge in [0.25, 0.3) is 0 Å². The first-order valence-corrected chi connectivity index (χ1v) is 11.3. The van der Waals surface area contributed by atoms with Crippen molar-refractivity contribution in [1.82, 2.24) is 0 Å². The summed E-state index contributed by atoms with van der Waals surface area (Å²) in [4.78, 5) is 0. The number of nitriles is 1. The van der Waals surface area contributed by atoms with Crippen molar-refractivity contribution in [1.29, 1.82) is 5.26 Å². The fraction of sp³-hybridized carbons (Fsp3) is 0.722. The molecule has 0 bridgehead atoms. The van der Waals surface area contributed by atoms with E-state index in [9.17, 15) is 5.26 Å². The van der Waals surface area contributed by atoms with Crippen molar-refractivity contribution >= 4 is 24.9 Å². The number of hydrogen-bond donors (Lipinski definition) is 0. The molecule has 0 aliphatic carbocycles. The van der Waals surface area contributed by atoms with E-state index in [-0.39, 0.29) is 0 Å². The average Bonchev–Trinajstić information content (AvgIpc) is 2.95. The molecule has 0 N–H and O–H groups in total. The van der Waals surface area contributed by atoms with Crippen LogP contribution in [0.4, 0.5) is 0 Å². The van der Waals surface area contributed by atoms with Gasteiger partial charge in [0.15, 0.2) is 0 Å². The molecular weight excluding hydrogens is 365 g/mol. The molecule has 0 aromatic carbocycles. The van der Waals surface area contributed by atoms with Gasteiger partial charge in [0.2, 0.25) is 0 Å². The van der Waals surface area contributed by atoms with E-state index in [1.165, 1.54) is 57.8 Å². The van der Waals surface area contributed by atoms with Crippen molar-refractivity contribution in [2.24, 2.45) is 0 Å². The Morgan fingerprint density at radius 1 is 1.05 bits per heavy atom. The molecule has 0 saturated carbocycles. The molecule has 0 aliphatic heterocycles. The number of unbranched alkanes of at least 4 members (excludes halogenated alkanes) is 3. The zero-order valence-electron chi connectivity index (χ0n) is 13.9. The minimum absolute atomic E-state index is 0.495. The summed E-state index contributed by atoms with van der Waals surface area (Å²) >= 11 is -0.885. The number of hydrogen-bond acceptors (Lipinski definition) is 2. The van der Waals surface area contributed by atoms with Gasteiger partial charge in [-0.3, -0.25) is 0 Å². The van der Waals surface area contributed by atoms with E-state index in [0.717, 1.165) is 9.34 Å². The molecule has 1 aromatic rings. The van der Waals surface area contributed by atoms with Gasteiger partial charge >= 0.3 is 141 Å². The predicted octanol–water partition coefficient (Wildman–Crippen LogP) is 5.21. The van der Waals surface area contributed by atoms with Crippen LogP contribution in [0.5, 0.6) is 0 Å². The van der Waals surface area contributed by atoms with E-state index in [0.29, 0.717) is 3.43 Å². The molecule has 21 heavy (non-hydrogen) atoms. The maximum absolute atomic E-state index is 9.25. The Hall–Kier alpha value is -0.431. The van der Waals surface area contributed by atoms with Crippen LogP contribution in [0.25, 0.3) is 0 Å². The predicted molar refractivity (Wildman–Crippen MR) is 90.1 cm³/mol. The van der Waals surface area contributed by atoms with Gasteiger partial charge in [-0.15, -0.1) is 0 Å². The summed E-state index contributed by atoms with van der Waals surface area (Å²) in [6.45, 7) is 6.84. The molecular formula is C18H29NOSn. The maximum atomic E-state index is 9.25. The van der Waals surface area contributed by atoms with Gasteiger partial charge in [-0.1, -0.05) is 0 Å². The zero-order valence-corrected chi connectivity index (χ0v) is 16.7. The first-order valence-electron chi connectivity index (χ1n) is 8.47. The van der Waals surface area contributed by atoms with E-state index in [1.807, 2.05) is 6.07 Å². The van der Waals surface area contributed by atoms with E-state index in [2.05, 4.69) is 26.8 Å². The van der Waals surface area contributed by atoms with Crippen LogP contribution in [0.3, 0.4) is 0 Å². The summed E-state index contributed by atoms with van der Waals surface area (Å²) in [7, 11) is 0. The fourth-order valence-electron chi connectivity index (χ4n) is 2.84. The summed E-state index contributed by atoms with van der Waals surface area (Å²) in [5.74, 6) is 0. The molecule has 1 heterocycles. The third kappa shape index (κ3) is 6.06. The summed E-state index contributed by atoms with van der Waals surface area (Å²) in [6.07, 6.45) is 13.5. The second-order valence-corrected chi connectivity index (χ2v) is 11.0. The van der Waals surface area contributed by atoms with Gasteiger partial charge in [0.05, 0.1) is 0 Å². The zero-order chi connectivity index (χ0) is 15.6. The SMILES string of the molecule is CCCC[C](CCCC)(CCCC)[Sn][c]1occc1C#N. The molecule has 0 amide bonds. The molecule has 0 unspecified atom stereocenters. The fourth-order valence-corrected chi connectivity index (χ4v) is 7.95. The van der Waals surface area contributed by atoms with E-state index in [4.69, 9.17) is 4.42 Å². The number of rotatable bonds is 11. The minimum atomic E-state index is -0.885. The van der Waals surface area contributed by atoms with E-state index < -0.39 is 21.1 Å². The van der Waals surface area contributed by atoms with Crippen LogP contribution in [0.15, 0.2) is 16.7 Å². The molecule has 1 aromatic heterocycles. The van der Waals surface area contributed by atoms with Crippen molar-refractivity contribution in [3.05, 3.63) is 17.9 Å². The average molecular weight is 394 g/mol. The van der Waals surface area contributed by atoms with E-state index >= 15 is 0 Å². The molecule has 2 nitrogen and oxygen atoms in total. The van der Waals surface area contributed by atoms with Gasteiger partial charge < -0.3 is 0 Å². The van der Waals surface area contributed by atoms with Crippen LogP contribution in [-0.2, 0) is 0 Å². The Bertz CT molecular complexity index is 411. The van der Waals surface area contributed by atoms with Crippen molar-refractivity contribution < 1.29 is 4.42 Å². The molecule has 0 aliphatic rings.